The van der Waals surface area contributed by atoms with Gasteiger partial charge in [-0.15, -0.1) is 0 Å². The summed E-state index contributed by atoms with van der Waals surface area (Å²) in [5.74, 6) is 0.133. The third-order valence-electron chi connectivity index (χ3n) is 4.74. The Morgan fingerprint density at radius 2 is 1.97 bits per heavy atom. The highest BCUT2D eigenvalue weighted by Crippen LogP contribution is 2.27. The van der Waals surface area contributed by atoms with E-state index in [1.807, 2.05) is 19.1 Å². The number of benzene rings is 1. The van der Waals surface area contributed by atoms with Gasteiger partial charge in [-0.1, -0.05) is 17.3 Å². The van der Waals surface area contributed by atoms with E-state index in [1.165, 1.54) is 22.5 Å². The number of carbonyl (C=O) groups excluding carboxylic acids is 1. The van der Waals surface area contributed by atoms with Gasteiger partial charge in [0.1, 0.15) is 12.3 Å². The fraction of sp³-hybridized carbons (Fsp3) is 0.300. The van der Waals surface area contributed by atoms with Gasteiger partial charge in [-0.2, -0.15) is 4.98 Å². The number of hydrogen-bond acceptors (Lipinski definition) is 9. The van der Waals surface area contributed by atoms with E-state index in [0.717, 1.165) is 4.57 Å². The van der Waals surface area contributed by atoms with Crippen LogP contribution in [0.1, 0.15) is 12.8 Å². The van der Waals surface area contributed by atoms with Crippen LogP contribution >= 0.6 is 0 Å². The van der Waals surface area contributed by atoms with Crippen LogP contribution in [0, 0.1) is 0 Å². The summed E-state index contributed by atoms with van der Waals surface area (Å²) in [5.41, 5.74) is -0.235. The number of esters is 1. The molecule has 0 aliphatic rings. The molecule has 0 fully saturated rings. The average molecular weight is 440 g/mol. The molecule has 12 nitrogen and oxygen atoms in total. The number of nitrogens with zero attached hydrogens (tertiary/aromatic N) is 6. The summed E-state index contributed by atoms with van der Waals surface area (Å²) in [5, 5.41) is 3.89. The van der Waals surface area contributed by atoms with Gasteiger partial charge in [0.15, 0.2) is 17.8 Å². The van der Waals surface area contributed by atoms with Crippen LogP contribution in [0.4, 0.5) is 0 Å². The Morgan fingerprint density at radius 3 is 2.75 bits per heavy atom. The van der Waals surface area contributed by atoms with Gasteiger partial charge in [0.05, 0.1) is 18.5 Å². The Balaban J connectivity index is 1.49. The van der Waals surface area contributed by atoms with Crippen LogP contribution in [0.3, 0.4) is 0 Å². The van der Waals surface area contributed by atoms with Crippen molar-refractivity contribution in [2.75, 3.05) is 6.61 Å². The standard InChI is InChI=1S/C20H20N6O6/c1-4-30-13-8-6-5-7-12(13)17-22-14(32-23-17)10-31-15(27)9-26-19(28)16-18(21-11-24(16)2)25(3)20(26)29/h5-8,11H,4,9-10H2,1-3H3. The summed E-state index contributed by atoms with van der Waals surface area (Å²) >= 11 is 0. The Bertz CT molecular complexity index is 1410. The molecule has 4 aromatic rings. The molecular weight excluding hydrogens is 420 g/mol. The quantitative estimate of drug-likeness (QED) is 0.379. The summed E-state index contributed by atoms with van der Waals surface area (Å²) in [6.07, 6.45) is 1.42. The fourth-order valence-corrected chi connectivity index (χ4v) is 3.21. The summed E-state index contributed by atoms with van der Waals surface area (Å²) < 4.78 is 19.3. The molecule has 3 heterocycles. The molecule has 0 atom stereocenters. The minimum absolute atomic E-state index is 0.0574. The molecule has 0 saturated heterocycles. The normalized spacial score (nSPS) is 11.1. The predicted octanol–water partition coefficient (Wildman–Crippen LogP) is 0.626. The Labute approximate surface area is 180 Å². The van der Waals surface area contributed by atoms with Crippen molar-refractivity contribution in [3.8, 4) is 17.1 Å². The number of hydrogen-bond donors (Lipinski definition) is 0. The first kappa shape index (κ1) is 21.0. The number of rotatable bonds is 7. The zero-order valence-corrected chi connectivity index (χ0v) is 17.6. The van der Waals surface area contributed by atoms with Gasteiger partial charge in [-0.05, 0) is 19.1 Å². The van der Waals surface area contributed by atoms with Gasteiger partial charge in [0.25, 0.3) is 11.4 Å². The lowest BCUT2D eigenvalue weighted by Gasteiger charge is -2.08. The Kier molecular flexibility index (Phi) is 5.58. The maximum atomic E-state index is 12.7. The third kappa shape index (κ3) is 3.77. The molecule has 32 heavy (non-hydrogen) atoms. The van der Waals surface area contributed by atoms with E-state index in [1.54, 1.807) is 19.2 Å². The molecule has 12 heteroatoms. The summed E-state index contributed by atoms with van der Waals surface area (Å²) in [6, 6.07) is 7.20. The largest absolute Gasteiger partial charge is 0.493 e. The van der Waals surface area contributed by atoms with E-state index in [2.05, 4.69) is 15.1 Å². The molecule has 0 saturated carbocycles. The smallest absolute Gasteiger partial charge is 0.333 e. The van der Waals surface area contributed by atoms with Crippen molar-refractivity contribution in [2.45, 2.75) is 20.1 Å². The molecule has 0 spiro atoms. The Hall–Kier alpha value is -4.22. The van der Waals surface area contributed by atoms with Gasteiger partial charge < -0.3 is 18.6 Å². The van der Waals surface area contributed by atoms with Crippen LogP contribution in [-0.4, -0.2) is 41.4 Å². The molecule has 1 aromatic carbocycles. The molecular formula is C20H20N6O6. The van der Waals surface area contributed by atoms with E-state index in [9.17, 15) is 14.4 Å². The second-order valence-corrected chi connectivity index (χ2v) is 6.86. The second kappa shape index (κ2) is 8.49. The molecule has 0 radical (unpaired) electrons. The number of fused-ring (bicyclic) bond motifs is 1. The van der Waals surface area contributed by atoms with Crippen molar-refractivity contribution >= 4 is 17.1 Å². The first-order valence-electron chi connectivity index (χ1n) is 9.72. The van der Waals surface area contributed by atoms with E-state index >= 15 is 0 Å². The van der Waals surface area contributed by atoms with Crippen LogP contribution in [0.15, 0.2) is 44.7 Å². The van der Waals surface area contributed by atoms with Gasteiger partial charge in [-0.3, -0.25) is 14.2 Å². The van der Waals surface area contributed by atoms with Crippen LogP contribution in [0.2, 0.25) is 0 Å². The number of ether oxygens (including phenoxy) is 2. The van der Waals surface area contributed by atoms with Crippen molar-refractivity contribution in [2.24, 2.45) is 14.1 Å². The van der Waals surface area contributed by atoms with Crippen LogP contribution in [0.25, 0.3) is 22.6 Å². The number of carbonyl (C=O) groups is 1. The molecule has 3 aromatic heterocycles. The van der Waals surface area contributed by atoms with E-state index in [4.69, 9.17) is 14.0 Å². The maximum absolute atomic E-state index is 12.7. The number of aromatic nitrogens is 6. The van der Waals surface area contributed by atoms with E-state index in [-0.39, 0.29) is 29.5 Å². The molecule has 0 bridgehead atoms. The SMILES string of the molecule is CCOc1ccccc1-c1noc(COC(=O)Cn2c(=O)c3c(ncn3C)n(C)c2=O)n1. The zero-order chi connectivity index (χ0) is 22.8. The topological polar surface area (TPSA) is 136 Å². The molecule has 0 amide bonds. The van der Waals surface area contributed by atoms with Gasteiger partial charge in [0, 0.05) is 14.1 Å². The predicted molar refractivity (Wildman–Crippen MR) is 111 cm³/mol. The van der Waals surface area contributed by atoms with E-state index < -0.39 is 23.8 Å². The number of aryl methyl sites for hydroxylation is 2. The van der Waals surface area contributed by atoms with Gasteiger partial charge in [-0.25, -0.2) is 14.3 Å². The van der Waals surface area contributed by atoms with Crippen molar-refractivity contribution in [1.29, 1.82) is 0 Å². The third-order valence-corrected chi connectivity index (χ3v) is 4.74. The highest BCUT2D eigenvalue weighted by atomic mass is 16.6. The van der Waals surface area contributed by atoms with Crippen molar-refractivity contribution in [3.63, 3.8) is 0 Å². The van der Waals surface area contributed by atoms with Crippen molar-refractivity contribution < 1.29 is 18.8 Å². The monoisotopic (exact) mass is 440 g/mol. The molecule has 0 N–H and O–H groups in total. The zero-order valence-electron chi connectivity index (χ0n) is 17.6. The lowest BCUT2D eigenvalue weighted by Crippen LogP contribution is -2.41. The van der Waals surface area contributed by atoms with Gasteiger partial charge >= 0.3 is 11.7 Å². The molecule has 0 aliphatic carbocycles. The molecule has 4 rings (SSSR count). The highest BCUT2D eigenvalue weighted by molar-refractivity contribution is 5.72. The number of imidazole rings is 1. The molecule has 166 valence electrons. The Morgan fingerprint density at radius 1 is 1.19 bits per heavy atom. The van der Waals surface area contributed by atoms with Crippen LogP contribution < -0.4 is 16.0 Å². The molecule has 0 aliphatic heterocycles. The van der Waals surface area contributed by atoms with Crippen molar-refractivity contribution in [1.82, 2.24) is 28.8 Å². The summed E-state index contributed by atoms with van der Waals surface area (Å²) in [6.45, 7) is 1.46. The minimum Gasteiger partial charge on any atom is -0.493 e. The lowest BCUT2D eigenvalue weighted by molar-refractivity contribution is -0.146. The average Bonchev–Trinajstić information content (AvgIpc) is 3.41. The number of para-hydroxylation sites is 1. The van der Waals surface area contributed by atoms with E-state index in [0.29, 0.717) is 17.9 Å². The summed E-state index contributed by atoms with van der Waals surface area (Å²) in [7, 11) is 3.10. The highest BCUT2D eigenvalue weighted by Gasteiger charge is 2.19. The maximum Gasteiger partial charge on any atom is 0.333 e. The van der Waals surface area contributed by atoms with Crippen molar-refractivity contribution in [3.05, 3.63) is 57.3 Å². The second-order valence-electron chi connectivity index (χ2n) is 6.86. The minimum atomic E-state index is -0.805. The fourth-order valence-electron chi connectivity index (χ4n) is 3.21. The van der Waals surface area contributed by atoms with Crippen LogP contribution in [0.5, 0.6) is 5.75 Å². The van der Waals surface area contributed by atoms with Gasteiger partial charge in [0.2, 0.25) is 5.82 Å². The first-order valence-corrected chi connectivity index (χ1v) is 9.72. The first-order chi connectivity index (χ1) is 15.4. The van der Waals surface area contributed by atoms with Crippen LogP contribution in [-0.2, 0) is 36.8 Å². The summed E-state index contributed by atoms with van der Waals surface area (Å²) in [4.78, 5) is 45.7. The molecule has 0 unspecified atom stereocenters. The lowest BCUT2D eigenvalue weighted by atomic mass is 10.2.